The highest BCUT2D eigenvalue weighted by atomic mass is 16.5. The SMILES string of the molecule is CCOCCCN(CC(=O)N(Cc1ccccc1)Cc1cccn1C)C(=O)c1ccc(C(C)(C)C)cc1. The lowest BCUT2D eigenvalue weighted by molar-refractivity contribution is -0.133. The normalized spacial score (nSPS) is 11.4. The molecule has 0 saturated heterocycles. The van der Waals surface area contributed by atoms with E-state index in [1.54, 1.807) is 4.90 Å². The first kappa shape index (κ1) is 28.2. The monoisotopic (exact) mass is 503 g/mol. The molecule has 0 spiro atoms. The van der Waals surface area contributed by atoms with Crippen LogP contribution in [0.1, 0.15) is 61.3 Å². The molecule has 2 aromatic carbocycles. The predicted molar refractivity (Wildman–Crippen MR) is 148 cm³/mol. The molecule has 0 aliphatic rings. The van der Waals surface area contributed by atoms with Gasteiger partial charge in [-0.25, -0.2) is 0 Å². The largest absolute Gasteiger partial charge is 0.382 e. The van der Waals surface area contributed by atoms with Crippen molar-refractivity contribution < 1.29 is 14.3 Å². The fourth-order valence-electron chi connectivity index (χ4n) is 4.21. The zero-order valence-electron chi connectivity index (χ0n) is 22.9. The van der Waals surface area contributed by atoms with Crippen LogP contribution in [0.15, 0.2) is 72.9 Å². The Morgan fingerprint density at radius 1 is 0.892 bits per heavy atom. The second-order valence-corrected chi connectivity index (χ2v) is 10.5. The van der Waals surface area contributed by atoms with E-state index in [1.807, 2.05) is 96.4 Å². The summed E-state index contributed by atoms with van der Waals surface area (Å²) < 4.78 is 7.52. The Morgan fingerprint density at radius 2 is 1.59 bits per heavy atom. The first-order chi connectivity index (χ1) is 17.7. The van der Waals surface area contributed by atoms with Crippen LogP contribution in [0.2, 0.25) is 0 Å². The molecule has 2 amide bonds. The first-order valence-electron chi connectivity index (χ1n) is 13.1. The average molecular weight is 504 g/mol. The van der Waals surface area contributed by atoms with Crippen molar-refractivity contribution in [3.8, 4) is 0 Å². The Bertz CT molecular complexity index is 1130. The Morgan fingerprint density at radius 3 is 2.19 bits per heavy atom. The molecule has 1 aromatic heterocycles. The van der Waals surface area contributed by atoms with Gasteiger partial charge in [-0.3, -0.25) is 9.59 Å². The van der Waals surface area contributed by atoms with Gasteiger partial charge in [-0.2, -0.15) is 0 Å². The van der Waals surface area contributed by atoms with Crippen LogP contribution < -0.4 is 0 Å². The Balaban J connectivity index is 1.81. The maximum atomic E-state index is 13.7. The molecule has 37 heavy (non-hydrogen) atoms. The lowest BCUT2D eigenvalue weighted by atomic mass is 9.86. The summed E-state index contributed by atoms with van der Waals surface area (Å²) in [6.45, 7) is 11.0. The molecule has 0 saturated carbocycles. The molecule has 3 aromatic rings. The van der Waals surface area contributed by atoms with E-state index in [0.29, 0.717) is 44.8 Å². The quantitative estimate of drug-likeness (QED) is 0.310. The van der Waals surface area contributed by atoms with Crippen LogP contribution in [0.3, 0.4) is 0 Å². The van der Waals surface area contributed by atoms with Crippen LogP contribution in [-0.4, -0.2) is 52.5 Å². The van der Waals surface area contributed by atoms with E-state index >= 15 is 0 Å². The number of aryl methyl sites for hydroxylation is 1. The smallest absolute Gasteiger partial charge is 0.254 e. The van der Waals surface area contributed by atoms with Crippen LogP contribution in [-0.2, 0) is 35.1 Å². The molecule has 198 valence electrons. The fourth-order valence-corrected chi connectivity index (χ4v) is 4.21. The molecule has 6 nitrogen and oxygen atoms in total. The van der Waals surface area contributed by atoms with Gasteiger partial charge in [-0.15, -0.1) is 0 Å². The van der Waals surface area contributed by atoms with E-state index in [2.05, 4.69) is 20.8 Å². The summed E-state index contributed by atoms with van der Waals surface area (Å²) in [5, 5.41) is 0. The van der Waals surface area contributed by atoms with Crippen molar-refractivity contribution in [3.05, 3.63) is 95.3 Å². The minimum absolute atomic E-state index is 0.00357. The molecule has 6 heteroatoms. The highest BCUT2D eigenvalue weighted by molar-refractivity contribution is 5.96. The summed E-state index contributed by atoms with van der Waals surface area (Å²) in [6.07, 6.45) is 2.65. The van der Waals surface area contributed by atoms with Crippen LogP contribution in [0.4, 0.5) is 0 Å². The molecule has 0 aliphatic carbocycles. The highest BCUT2D eigenvalue weighted by Crippen LogP contribution is 2.23. The van der Waals surface area contributed by atoms with Gasteiger partial charge in [-0.1, -0.05) is 63.2 Å². The number of ether oxygens (including phenoxy) is 1. The third-order valence-corrected chi connectivity index (χ3v) is 6.51. The number of amides is 2. The average Bonchev–Trinajstić information content (AvgIpc) is 3.29. The highest BCUT2D eigenvalue weighted by Gasteiger charge is 2.24. The maximum Gasteiger partial charge on any atom is 0.254 e. The third-order valence-electron chi connectivity index (χ3n) is 6.51. The van der Waals surface area contributed by atoms with Crippen LogP contribution in [0.5, 0.6) is 0 Å². The molecule has 0 bridgehead atoms. The summed E-state index contributed by atoms with van der Waals surface area (Å²) >= 11 is 0. The summed E-state index contributed by atoms with van der Waals surface area (Å²) in [4.78, 5) is 30.8. The van der Waals surface area contributed by atoms with Gasteiger partial charge in [0.2, 0.25) is 5.91 Å². The van der Waals surface area contributed by atoms with Crippen molar-refractivity contribution >= 4 is 11.8 Å². The van der Waals surface area contributed by atoms with Gasteiger partial charge in [0.15, 0.2) is 0 Å². The first-order valence-corrected chi connectivity index (χ1v) is 13.1. The van der Waals surface area contributed by atoms with Crippen molar-refractivity contribution in [1.29, 1.82) is 0 Å². The minimum Gasteiger partial charge on any atom is -0.382 e. The van der Waals surface area contributed by atoms with Crippen molar-refractivity contribution in [2.75, 3.05) is 26.3 Å². The van der Waals surface area contributed by atoms with Gasteiger partial charge in [0.1, 0.15) is 6.54 Å². The van der Waals surface area contributed by atoms with Crippen LogP contribution in [0.25, 0.3) is 0 Å². The standard InChI is InChI=1S/C31H41N3O3/c1-6-37-21-11-20-33(30(36)26-15-17-27(18-16-26)31(2,3)4)24-29(35)34(22-25-12-8-7-9-13-25)23-28-14-10-19-32(28)5/h7-10,12-19H,6,11,20-24H2,1-5H3. The molecule has 0 aliphatic heterocycles. The molecule has 1 heterocycles. The number of carbonyl (C=O) groups excluding carboxylic acids is 2. The number of nitrogens with zero attached hydrogens (tertiary/aromatic N) is 3. The van der Waals surface area contributed by atoms with Gasteiger partial charge in [0, 0.05) is 50.8 Å². The van der Waals surface area contributed by atoms with E-state index < -0.39 is 0 Å². The number of carbonyl (C=O) groups is 2. The number of hydrogen-bond donors (Lipinski definition) is 0. The molecule has 0 fully saturated rings. The molecule has 0 atom stereocenters. The molecule has 0 N–H and O–H groups in total. The topological polar surface area (TPSA) is 54.8 Å². The van der Waals surface area contributed by atoms with E-state index in [0.717, 1.165) is 11.3 Å². The fraction of sp³-hybridized carbons (Fsp3) is 0.419. The number of rotatable bonds is 12. The van der Waals surface area contributed by atoms with Crippen molar-refractivity contribution in [1.82, 2.24) is 14.4 Å². The minimum atomic E-state index is -0.135. The second-order valence-electron chi connectivity index (χ2n) is 10.5. The molecule has 3 rings (SSSR count). The van der Waals surface area contributed by atoms with E-state index in [-0.39, 0.29) is 23.8 Å². The van der Waals surface area contributed by atoms with E-state index in [1.165, 1.54) is 5.56 Å². The van der Waals surface area contributed by atoms with Crippen molar-refractivity contribution in [2.45, 2.75) is 52.6 Å². The van der Waals surface area contributed by atoms with E-state index in [4.69, 9.17) is 4.74 Å². The van der Waals surface area contributed by atoms with Gasteiger partial charge >= 0.3 is 0 Å². The Labute approximate surface area is 221 Å². The van der Waals surface area contributed by atoms with Crippen molar-refractivity contribution in [2.24, 2.45) is 7.05 Å². The molecular formula is C31H41N3O3. The van der Waals surface area contributed by atoms with Crippen LogP contribution in [0, 0.1) is 0 Å². The maximum absolute atomic E-state index is 13.7. The number of benzene rings is 2. The number of hydrogen-bond acceptors (Lipinski definition) is 3. The summed E-state index contributed by atoms with van der Waals surface area (Å²) in [7, 11) is 1.98. The van der Waals surface area contributed by atoms with Gasteiger partial charge in [0.25, 0.3) is 5.91 Å². The van der Waals surface area contributed by atoms with Gasteiger partial charge in [0.05, 0.1) is 6.54 Å². The second kappa shape index (κ2) is 13.2. The van der Waals surface area contributed by atoms with Crippen molar-refractivity contribution in [3.63, 3.8) is 0 Å². The van der Waals surface area contributed by atoms with Gasteiger partial charge < -0.3 is 19.1 Å². The number of aromatic nitrogens is 1. The lowest BCUT2D eigenvalue weighted by Gasteiger charge is -2.28. The Kier molecular flexibility index (Phi) is 10.1. The lowest BCUT2D eigenvalue weighted by Crippen LogP contribution is -2.43. The zero-order chi connectivity index (χ0) is 26.8. The molecule has 0 unspecified atom stereocenters. The zero-order valence-corrected chi connectivity index (χ0v) is 22.9. The third kappa shape index (κ3) is 8.32. The summed E-state index contributed by atoms with van der Waals surface area (Å²) in [5.74, 6) is -0.218. The van der Waals surface area contributed by atoms with Gasteiger partial charge in [-0.05, 0) is 54.2 Å². The van der Waals surface area contributed by atoms with Crippen LogP contribution >= 0.6 is 0 Å². The Hall–Kier alpha value is -3.38. The summed E-state index contributed by atoms with van der Waals surface area (Å²) in [5.41, 5.74) is 3.85. The molecule has 0 radical (unpaired) electrons. The summed E-state index contributed by atoms with van der Waals surface area (Å²) in [6, 6.07) is 21.7. The molecular weight excluding hydrogens is 462 g/mol. The van der Waals surface area contributed by atoms with E-state index in [9.17, 15) is 9.59 Å². The predicted octanol–water partition coefficient (Wildman–Crippen LogP) is 5.42.